The van der Waals surface area contributed by atoms with Crippen LogP contribution in [0.5, 0.6) is 0 Å². The Balaban J connectivity index is 2.37. The van der Waals surface area contributed by atoms with Gasteiger partial charge in [-0.15, -0.1) is 0 Å². The van der Waals surface area contributed by atoms with E-state index in [1.807, 2.05) is 58.9 Å². The second kappa shape index (κ2) is 6.61. The van der Waals surface area contributed by atoms with Crippen molar-refractivity contribution in [1.29, 1.82) is 0 Å². The van der Waals surface area contributed by atoms with Crippen molar-refractivity contribution in [3.05, 3.63) is 34.8 Å². The third kappa shape index (κ3) is 4.00. The number of aryl methyl sites for hydroxylation is 1. The average molecular weight is 330 g/mol. The van der Waals surface area contributed by atoms with Gasteiger partial charge in [-0.25, -0.2) is 0 Å². The molecule has 3 N–H and O–H groups in total. The average Bonchev–Trinajstić information content (AvgIpc) is 2.66. The first-order chi connectivity index (χ1) is 11.0. The molecular weight excluding hydrogens is 303 g/mol. The molecule has 1 saturated heterocycles. The molecule has 1 amide bonds. The minimum Gasteiger partial charge on any atom is -0.400 e. The molecule has 1 fully saturated rings. The lowest BCUT2D eigenvalue weighted by atomic mass is 9.76. The molecule has 2 rings (SSSR count). The number of carbonyl (C=O) groups is 1. The lowest BCUT2D eigenvalue weighted by Crippen LogP contribution is -2.41. The number of hydrogen-bond donors (Lipinski definition) is 2. The molecule has 0 unspecified atom stereocenters. The van der Waals surface area contributed by atoms with Crippen LogP contribution in [0.3, 0.4) is 0 Å². The van der Waals surface area contributed by atoms with Gasteiger partial charge in [-0.1, -0.05) is 23.8 Å². The van der Waals surface area contributed by atoms with Crippen LogP contribution in [0, 0.1) is 6.92 Å². The summed E-state index contributed by atoms with van der Waals surface area (Å²) in [7, 11) is -0.526. The molecule has 0 spiro atoms. The Labute approximate surface area is 144 Å². The third-order valence-corrected chi connectivity index (χ3v) is 4.68. The van der Waals surface area contributed by atoms with Crippen molar-refractivity contribution < 1.29 is 14.1 Å². The zero-order chi connectivity index (χ0) is 18.1. The molecule has 24 heavy (non-hydrogen) atoms. The maximum absolute atomic E-state index is 11.3. The van der Waals surface area contributed by atoms with E-state index in [4.69, 9.17) is 15.0 Å². The van der Waals surface area contributed by atoms with Crippen molar-refractivity contribution in [2.24, 2.45) is 0 Å². The summed E-state index contributed by atoms with van der Waals surface area (Å²) in [6, 6.07) is 5.85. The van der Waals surface area contributed by atoms with Crippen LogP contribution in [-0.4, -0.2) is 30.8 Å². The Morgan fingerprint density at radius 3 is 2.38 bits per heavy atom. The first-order valence-electron chi connectivity index (χ1n) is 8.18. The van der Waals surface area contributed by atoms with Crippen molar-refractivity contribution in [2.75, 3.05) is 12.3 Å². The zero-order valence-electron chi connectivity index (χ0n) is 15.4. The van der Waals surface area contributed by atoms with Crippen LogP contribution in [0.2, 0.25) is 0 Å². The van der Waals surface area contributed by atoms with Crippen LogP contribution in [0.1, 0.15) is 45.7 Å². The molecule has 0 aromatic heterocycles. The number of hydrogen-bond acceptors (Lipinski definition) is 4. The molecular formula is C18H27BN2O3. The quantitative estimate of drug-likeness (QED) is 0.658. The number of rotatable bonds is 4. The first kappa shape index (κ1) is 18.6. The lowest BCUT2D eigenvalue weighted by Gasteiger charge is -2.32. The van der Waals surface area contributed by atoms with Crippen LogP contribution in [-0.2, 0) is 14.1 Å². The van der Waals surface area contributed by atoms with Gasteiger partial charge in [-0.2, -0.15) is 0 Å². The summed E-state index contributed by atoms with van der Waals surface area (Å²) in [6.45, 7) is 11.9. The van der Waals surface area contributed by atoms with E-state index in [9.17, 15) is 4.79 Å². The van der Waals surface area contributed by atoms with Gasteiger partial charge in [-0.3, -0.25) is 4.79 Å². The predicted octanol–water partition coefficient (Wildman–Crippen LogP) is 2.73. The number of amides is 1. The predicted molar refractivity (Wildman–Crippen MR) is 98.3 cm³/mol. The molecule has 1 aliphatic heterocycles. The highest BCUT2D eigenvalue weighted by molar-refractivity contribution is 6.56. The molecule has 1 heterocycles. The first-order valence-corrected chi connectivity index (χ1v) is 8.18. The summed E-state index contributed by atoms with van der Waals surface area (Å²) in [6.07, 6.45) is 1.94. The summed E-state index contributed by atoms with van der Waals surface area (Å²) in [5.74, 6) is -0.102. The molecule has 1 aromatic rings. The molecule has 1 aliphatic rings. The largest absolute Gasteiger partial charge is 0.492 e. The number of nitrogen functional groups attached to an aromatic ring is 1. The molecule has 0 radical (unpaired) electrons. The summed E-state index contributed by atoms with van der Waals surface area (Å²) >= 11 is 0. The van der Waals surface area contributed by atoms with Crippen LogP contribution in [0.15, 0.2) is 23.7 Å². The fraction of sp³-hybridized carbons (Fsp3) is 0.500. The Hall–Kier alpha value is -1.79. The van der Waals surface area contributed by atoms with Gasteiger partial charge in [-0.05, 0) is 51.7 Å². The fourth-order valence-electron chi connectivity index (χ4n) is 2.44. The molecule has 0 aliphatic carbocycles. The summed E-state index contributed by atoms with van der Waals surface area (Å²) in [5, 5.41) is 2.82. The second-order valence-corrected chi connectivity index (χ2v) is 7.35. The summed E-state index contributed by atoms with van der Waals surface area (Å²) in [5.41, 5.74) is 8.73. The van der Waals surface area contributed by atoms with Crippen LogP contribution in [0.25, 0.3) is 6.08 Å². The fourth-order valence-corrected chi connectivity index (χ4v) is 2.44. The Bertz CT molecular complexity index is 652. The minimum atomic E-state index is -0.526. The van der Waals surface area contributed by atoms with Crippen LogP contribution in [0.4, 0.5) is 5.69 Å². The van der Waals surface area contributed by atoms with Crippen molar-refractivity contribution in [2.45, 2.75) is 52.7 Å². The topological polar surface area (TPSA) is 73.6 Å². The van der Waals surface area contributed by atoms with Gasteiger partial charge in [0.2, 0.25) is 5.91 Å². The van der Waals surface area contributed by atoms with Crippen molar-refractivity contribution >= 4 is 24.8 Å². The number of nitrogens with one attached hydrogen (secondary N) is 1. The minimum absolute atomic E-state index is 0.102. The van der Waals surface area contributed by atoms with E-state index < -0.39 is 18.3 Å². The van der Waals surface area contributed by atoms with Gasteiger partial charge in [0.05, 0.1) is 11.2 Å². The monoisotopic (exact) mass is 330 g/mol. The number of benzene rings is 1. The van der Waals surface area contributed by atoms with E-state index in [1.54, 1.807) is 0 Å². The lowest BCUT2D eigenvalue weighted by molar-refractivity contribution is -0.118. The SMILES string of the molecule is CC(=O)NCC(=Cc1cc(C)ccc1N)B1OC(C)(C)C(C)(C)O1. The van der Waals surface area contributed by atoms with Crippen molar-refractivity contribution in [3.8, 4) is 0 Å². The van der Waals surface area contributed by atoms with Crippen LogP contribution >= 0.6 is 0 Å². The summed E-state index contributed by atoms with van der Waals surface area (Å²) in [4.78, 5) is 11.3. The Morgan fingerprint density at radius 2 is 1.83 bits per heavy atom. The van der Waals surface area contributed by atoms with Gasteiger partial charge in [0, 0.05) is 19.2 Å². The maximum Gasteiger partial charge on any atom is 0.492 e. The molecule has 0 bridgehead atoms. The molecule has 6 heteroatoms. The molecule has 5 nitrogen and oxygen atoms in total. The van der Waals surface area contributed by atoms with Crippen molar-refractivity contribution in [3.63, 3.8) is 0 Å². The Morgan fingerprint density at radius 1 is 1.25 bits per heavy atom. The highest BCUT2D eigenvalue weighted by atomic mass is 16.7. The van der Waals surface area contributed by atoms with Gasteiger partial charge < -0.3 is 20.4 Å². The summed E-state index contributed by atoms with van der Waals surface area (Å²) < 4.78 is 12.2. The van der Waals surface area contributed by atoms with Crippen LogP contribution < -0.4 is 11.1 Å². The normalized spacial score (nSPS) is 19.4. The Kier molecular flexibility index (Phi) is 5.11. The number of carbonyl (C=O) groups excluding carboxylic acids is 1. The molecule has 130 valence electrons. The van der Waals surface area contributed by atoms with Gasteiger partial charge in [0.1, 0.15) is 0 Å². The van der Waals surface area contributed by atoms with E-state index in [2.05, 4.69) is 5.32 Å². The highest BCUT2D eigenvalue weighted by Crippen LogP contribution is 2.38. The zero-order valence-corrected chi connectivity index (χ0v) is 15.4. The third-order valence-electron chi connectivity index (χ3n) is 4.68. The van der Waals surface area contributed by atoms with E-state index in [1.165, 1.54) is 6.92 Å². The molecule has 1 aromatic carbocycles. The van der Waals surface area contributed by atoms with E-state index in [0.29, 0.717) is 12.2 Å². The van der Waals surface area contributed by atoms with E-state index >= 15 is 0 Å². The van der Waals surface area contributed by atoms with Gasteiger partial charge in [0.15, 0.2) is 0 Å². The van der Waals surface area contributed by atoms with Gasteiger partial charge >= 0.3 is 7.12 Å². The smallest absolute Gasteiger partial charge is 0.400 e. The standard InChI is InChI=1S/C18H27BN2O3/c1-12-7-8-16(20)14(9-12)10-15(11-21-13(2)22)19-23-17(3,4)18(5,6)24-19/h7-10H,11,20H2,1-6H3,(H,21,22). The van der Waals surface area contributed by atoms with Gasteiger partial charge in [0.25, 0.3) is 0 Å². The number of nitrogens with two attached hydrogens (primary N) is 1. The van der Waals surface area contributed by atoms with E-state index in [-0.39, 0.29) is 5.91 Å². The van der Waals surface area contributed by atoms with E-state index in [0.717, 1.165) is 16.6 Å². The van der Waals surface area contributed by atoms with Crippen molar-refractivity contribution in [1.82, 2.24) is 5.32 Å². The molecule has 0 saturated carbocycles. The molecule has 0 atom stereocenters. The number of anilines is 1. The second-order valence-electron chi connectivity index (χ2n) is 7.35. The maximum atomic E-state index is 11.3. The highest BCUT2D eigenvalue weighted by Gasteiger charge is 2.52.